The van der Waals surface area contributed by atoms with Gasteiger partial charge < -0.3 is 14.5 Å². The van der Waals surface area contributed by atoms with E-state index in [4.69, 9.17) is 9.15 Å². The van der Waals surface area contributed by atoms with Crippen molar-refractivity contribution in [2.24, 2.45) is 0 Å². The molecule has 1 aliphatic heterocycles. The second-order valence-electron chi connectivity index (χ2n) is 13.3. The van der Waals surface area contributed by atoms with Gasteiger partial charge in [-0.2, -0.15) is 0 Å². The van der Waals surface area contributed by atoms with Crippen LogP contribution in [0.1, 0.15) is 22.3 Å². The normalized spacial score (nSPS) is 13.5. The van der Waals surface area contributed by atoms with Gasteiger partial charge in [-0.1, -0.05) is 127 Å². The van der Waals surface area contributed by atoms with Gasteiger partial charge in [0, 0.05) is 27.6 Å². The number of rotatable bonds is 3. The first-order valence-electron chi connectivity index (χ1n) is 17.1. The van der Waals surface area contributed by atoms with Crippen LogP contribution in [0, 0.1) is 0 Å². The zero-order valence-electron chi connectivity index (χ0n) is 27.0. The summed E-state index contributed by atoms with van der Waals surface area (Å²) in [7, 11) is 0. The minimum Gasteiger partial charge on any atom is -0.457 e. The van der Waals surface area contributed by atoms with Gasteiger partial charge in [0.05, 0.1) is 16.5 Å². The van der Waals surface area contributed by atoms with Crippen LogP contribution < -0.4 is 10.1 Å². The molecule has 9 aromatic rings. The van der Waals surface area contributed by atoms with Crippen LogP contribution >= 0.6 is 0 Å². The molecule has 0 bridgehead atoms. The Morgan fingerprint density at radius 2 is 1.04 bits per heavy atom. The van der Waals surface area contributed by atoms with Crippen LogP contribution in [-0.4, -0.2) is 0 Å². The van der Waals surface area contributed by atoms with Gasteiger partial charge in [-0.3, -0.25) is 0 Å². The van der Waals surface area contributed by atoms with E-state index in [0.29, 0.717) is 0 Å². The van der Waals surface area contributed by atoms with Gasteiger partial charge in [0.15, 0.2) is 0 Å². The highest BCUT2D eigenvalue weighted by Gasteiger charge is 2.50. The van der Waals surface area contributed by atoms with E-state index in [1.54, 1.807) is 0 Å². The van der Waals surface area contributed by atoms with Crippen molar-refractivity contribution in [2.75, 3.05) is 5.32 Å². The maximum absolute atomic E-state index is 6.52. The fourth-order valence-electron chi connectivity index (χ4n) is 8.71. The Hall–Kier alpha value is -6.58. The molecule has 0 saturated carbocycles. The van der Waals surface area contributed by atoms with Gasteiger partial charge in [-0.15, -0.1) is 0 Å². The zero-order valence-corrected chi connectivity index (χ0v) is 27.0. The summed E-state index contributed by atoms with van der Waals surface area (Å²) in [6, 6.07) is 60.6. The standard InChI is InChI=1S/C47H29NO2/c1-2-14-33-31(12-1)30(25-27-40(33)48-41-19-11-23-45-46(41)34-15-4-8-20-42(34)49-45)29-24-26-37-35(28-29)32-13-3-5-16-36(32)47(37)38-17-6-9-21-43(38)50-44-22-10-7-18-39(44)47/h1-28,48H. The fraction of sp³-hybridized carbons (Fsp3) is 0.0213. The Labute approximate surface area is 289 Å². The second-order valence-corrected chi connectivity index (χ2v) is 13.3. The van der Waals surface area contributed by atoms with Gasteiger partial charge in [0.25, 0.3) is 0 Å². The highest BCUT2D eigenvalue weighted by Crippen LogP contribution is 2.62. The Bertz CT molecular complexity index is 2800. The van der Waals surface area contributed by atoms with Crippen LogP contribution in [-0.2, 0) is 5.41 Å². The first-order chi connectivity index (χ1) is 24.8. The summed E-state index contributed by atoms with van der Waals surface area (Å²) in [5.74, 6) is 1.82. The molecule has 0 saturated heterocycles. The molecule has 8 aromatic carbocycles. The molecular formula is C47H29NO2. The highest BCUT2D eigenvalue weighted by molar-refractivity contribution is 6.13. The summed E-state index contributed by atoms with van der Waals surface area (Å²) in [5.41, 5.74) is 13.2. The van der Waals surface area contributed by atoms with Crippen LogP contribution in [0.25, 0.3) is 55.0 Å². The zero-order chi connectivity index (χ0) is 32.8. The van der Waals surface area contributed by atoms with Crippen molar-refractivity contribution in [3.8, 4) is 33.8 Å². The van der Waals surface area contributed by atoms with Crippen molar-refractivity contribution in [2.45, 2.75) is 5.41 Å². The Kier molecular flexibility index (Phi) is 5.59. The van der Waals surface area contributed by atoms with Crippen molar-refractivity contribution in [1.29, 1.82) is 0 Å². The first-order valence-corrected chi connectivity index (χ1v) is 17.1. The van der Waals surface area contributed by atoms with Crippen molar-refractivity contribution in [3.63, 3.8) is 0 Å². The number of anilines is 2. The predicted molar refractivity (Wildman–Crippen MR) is 204 cm³/mol. The lowest BCUT2D eigenvalue weighted by molar-refractivity contribution is 0.436. The molecule has 0 amide bonds. The molecule has 11 rings (SSSR count). The number of para-hydroxylation sites is 3. The molecule has 1 spiro atoms. The summed E-state index contributed by atoms with van der Waals surface area (Å²) in [6.07, 6.45) is 0. The third kappa shape index (κ3) is 3.64. The molecule has 3 nitrogen and oxygen atoms in total. The SMILES string of the molecule is c1ccc2c(c1)Oc1ccccc1C21c2ccccc2-c2cc(-c3ccc(Nc4cccc5oc6ccccc6c45)c4ccccc34)ccc21. The number of fused-ring (bicyclic) bond motifs is 13. The maximum Gasteiger partial charge on any atom is 0.137 e. The van der Waals surface area contributed by atoms with E-state index < -0.39 is 5.41 Å². The molecule has 3 heteroatoms. The lowest BCUT2D eigenvalue weighted by Gasteiger charge is -2.39. The molecule has 0 radical (unpaired) electrons. The molecular weight excluding hydrogens is 611 g/mol. The summed E-state index contributed by atoms with van der Waals surface area (Å²) in [5, 5.41) is 8.36. The molecule has 1 aliphatic carbocycles. The lowest BCUT2D eigenvalue weighted by atomic mass is 9.66. The smallest absolute Gasteiger partial charge is 0.137 e. The quantitative estimate of drug-likeness (QED) is 0.209. The van der Waals surface area contributed by atoms with Gasteiger partial charge in [0.1, 0.15) is 22.7 Å². The van der Waals surface area contributed by atoms with E-state index >= 15 is 0 Å². The Balaban J connectivity index is 1.09. The molecule has 1 N–H and O–H groups in total. The molecule has 1 aromatic heterocycles. The van der Waals surface area contributed by atoms with E-state index in [-0.39, 0.29) is 0 Å². The van der Waals surface area contributed by atoms with Crippen LogP contribution in [0.2, 0.25) is 0 Å². The fourth-order valence-corrected chi connectivity index (χ4v) is 8.71. The number of benzene rings is 8. The molecule has 234 valence electrons. The third-order valence-corrected chi connectivity index (χ3v) is 10.8. The van der Waals surface area contributed by atoms with Gasteiger partial charge in [-0.05, 0) is 81.2 Å². The number of hydrogen-bond donors (Lipinski definition) is 1. The minimum atomic E-state index is -0.468. The second kappa shape index (κ2) is 10.2. The Morgan fingerprint density at radius 1 is 0.400 bits per heavy atom. The van der Waals surface area contributed by atoms with Crippen molar-refractivity contribution in [3.05, 3.63) is 192 Å². The average Bonchev–Trinajstić information content (AvgIpc) is 3.70. The van der Waals surface area contributed by atoms with Gasteiger partial charge in [0.2, 0.25) is 0 Å². The molecule has 50 heavy (non-hydrogen) atoms. The Morgan fingerprint density at radius 3 is 1.86 bits per heavy atom. The van der Waals surface area contributed by atoms with Gasteiger partial charge >= 0.3 is 0 Å². The first kappa shape index (κ1) is 27.4. The van der Waals surface area contributed by atoms with Crippen LogP contribution in [0.3, 0.4) is 0 Å². The van der Waals surface area contributed by atoms with Crippen LogP contribution in [0.4, 0.5) is 11.4 Å². The van der Waals surface area contributed by atoms with Crippen molar-refractivity contribution < 1.29 is 9.15 Å². The van der Waals surface area contributed by atoms with E-state index in [2.05, 4.69) is 151 Å². The largest absolute Gasteiger partial charge is 0.457 e. The van der Waals surface area contributed by atoms with Crippen molar-refractivity contribution >= 4 is 44.1 Å². The predicted octanol–water partition coefficient (Wildman–Crippen LogP) is 12.6. The minimum absolute atomic E-state index is 0.468. The molecule has 0 atom stereocenters. The van der Waals surface area contributed by atoms with Gasteiger partial charge in [-0.25, -0.2) is 0 Å². The molecule has 2 aliphatic rings. The molecule has 0 fully saturated rings. The van der Waals surface area contributed by atoms with Crippen LogP contribution in [0.15, 0.2) is 174 Å². The van der Waals surface area contributed by atoms with E-state index in [1.807, 2.05) is 24.3 Å². The number of furan rings is 1. The highest BCUT2D eigenvalue weighted by atomic mass is 16.5. The summed E-state index contributed by atoms with van der Waals surface area (Å²) >= 11 is 0. The van der Waals surface area contributed by atoms with Crippen molar-refractivity contribution in [1.82, 2.24) is 0 Å². The topological polar surface area (TPSA) is 34.4 Å². The molecule has 0 unspecified atom stereocenters. The van der Waals surface area contributed by atoms with E-state index in [1.165, 1.54) is 55.3 Å². The van der Waals surface area contributed by atoms with Crippen LogP contribution in [0.5, 0.6) is 11.5 Å². The van der Waals surface area contributed by atoms with E-state index in [0.717, 1.165) is 44.8 Å². The lowest BCUT2D eigenvalue weighted by Crippen LogP contribution is -2.32. The maximum atomic E-state index is 6.52. The monoisotopic (exact) mass is 639 g/mol. The number of hydrogen-bond acceptors (Lipinski definition) is 3. The average molecular weight is 640 g/mol. The summed E-state index contributed by atoms with van der Waals surface area (Å²) in [4.78, 5) is 0. The number of ether oxygens (including phenoxy) is 1. The van der Waals surface area contributed by atoms with E-state index in [9.17, 15) is 0 Å². The third-order valence-electron chi connectivity index (χ3n) is 10.8. The summed E-state index contributed by atoms with van der Waals surface area (Å²) in [6.45, 7) is 0. The number of nitrogens with one attached hydrogen (secondary N) is 1. The summed E-state index contributed by atoms with van der Waals surface area (Å²) < 4.78 is 12.7. The molecule has 2 heterocycles.